The number of hydrogen-bond acceptors (Lipinski definition) is 4. The molecule has 1 aromatic carbocycles. The summed E-state index contributed by atoms with van der Waals surface area (Å²) in [6.45, 7) is 8.77. The summed E-state index contributed by atoms with van der Waals surface area (Å²) in [4.78, 5) is 14.2. The quantitative estimate of drug-likeness (QED) is 0.678. The second-order valence-corrected chi connectivity index (χ2v) is 5.73. The molecule has 4 nitrogen and oxygen atoms in total. The van der Waals surface area contributed by atoms with Gasteiger partial charge in [0.2, 0.25) is 0 Å². The summed E-state index contributed by atoms with van der Waals surface area (Å²) in [6.07, 6.45) is 1.21. The van der Waals surface area contributed by atoms with E-state index in [1.54, 1.807) is 13.0 Å². The normalized spacial score (nSPS) is 18.6. The molecule has 20 heavy (non-hydrogen) atoms. The molecule has 2 N–H and O–H groups in total. The average Bonchev–Trinajstić information content (AvgIpc) is 2.89. The lowest BCUT2D eigenvalue weighted by atomic mass is 9.95. The highest BCUT2D eigenvalue weighted by atomic mass is 16.5. The van der Waals surface area contributed by atoms with Crippen LogP contribution in [0.3, 0.4) is 0 Å². The molecule has 1 saturated heterocycles. The van der Waals surface area contributed by atoms with Crippen molar-refractivity contribution < 1.29 is 9.53 Å². The van der Waals surface area contributed by atoms with Gasteiger partial charge in [-0.3, -0.25) is 0 Å². The number of rotatable bonds is 4. The molecule has 1 unspecified atom stereocenters. The van der Waals surface area contributed by atoms with Gasteiger partial charge in [-0.15, -0.1) is 0 Å². The third-order valence-electron chi connectivity index (χ3n) is 4.06. The van der Waals surface area contributed by atoms with Crippen molar-refractivity contribution in [1.29, 1.82) is 0 Å². The molecule has 1 aliphatic heterocycles. The molecule has 0 amide bonds. The molecule has 1 heterocycles. The van der Waals surface area contributed by atoms with Crippen LogP contribution < -0.4 is 10.6 Å². The zero-order chi connectivity index (χ0) is 14.7. The number of anilines is 2. The number of nitrogens with two attached hydrogens (primary N) is 1. The molecule has 1 aromatic rings. The lowest BCUT2D eigenvalue weighted by Gasteiger charge is -2.21. The topological polar surface area (TPSA) is 55.6 Å². The molecule has 1 fully saturated rings. The van der Waals surface area contributed by atoms with Crippen LogP contribution in [0.1, 0.15) is 37.6 Å². The Morgan fingerprint density at radius 1 is 1.50 bits per heavy atom. The van der Waals surface area contributed by atoms with Crippen molar-refractivity contribution in [3.63, 3.8) is 0 Å². The molecule has 0 aromatic heterocycles. The molecule has 4 heteroatoms. The van der Waals surface area contributed by atoms with Gasteiger partial charge in [-0.2, -0.15) is 0 Å². The molecule has 1 atom stereocenters. The third kappa shape index (κ3) is 3.06. The summed E-state index contributed by atoms with van der Waals surface area (Å²) < 4.78 is 5.05. The molecule has 0 spiro atoms. The van der Waals surface area contributed by atoms with Gasteiger partial charge in [0.05, 0.1) is 12.2 Å². The van der Waals surface area contributed by atoms with Crippen molar-refractivity contribution in [2.24, 2.45) is 11.8 Å². The molecule has 2 rings (SSSR count). The van der Waals surface area contributed by atoms with E-state index >= 15 is 0 Å². The molecule has 0 aliphatic carbocycles. The summed E-state index contributed by atoms with van der Waals surface area (Å²) in [5, 5.41) is 0. The maximum atomic E-state index is 11.9. The Morgan fingerprint density at radius 2 is 2.25 bits per heavy atom. The highest BCUT2D eigenvalue weighted by Crippen LogP contribution is 2.30. The van der Waals surface area contributed by atoms with Crippen LogP contribution in [0.2, 0.25) is 0 Å². The number of esters is 1. The van der Waals surface area contributed by atoms with Gasteiger partial charge < -0.3 is 15.4 Å². The molecule has 110 valence electrons. The Labute approximate surface area is 120 Å². The number of benzene rings is 1. The van der Waals surface area contributed by atoms with Crippen molar-refractivity contribution in [3.8, 4) is 0 Å². The van der Waals surface area contributed by atoms with E-state index < -0.39 is 0 Å². The molecule has 0 saturated carbocycles. The van der Waals surface area contributed by atoms with Crippen LogP contribution in [0, 0.1) is 11.8 Å². The van der Waals surface area contributed by atoms with E-state index in [9.17, 15) is 4.79 Å². The first-order chi connectivity index (χ1) is 9.52. The van der Waals surface area contributed by atoms with E-state index in [1.165, 1.54) is 6.42 Å². The van der Waals surface area contributed by atoms with Gasteiger partial charge in [0.25, 0.3) is 0 Å². The van der Waals surface area contributed by atoms with Crippen molar-refractivity contribution in [1.82, 2.24) is 0 Å². The lowest BCUT2D eigenvalue weighted by Crippen LogP contribution is -2.21. The monoisotopic (exact) mass is 276 g/mol. The van der Waals surface area contributed by atoms with Gasteiger partial charge in [-0.25, -0.2) is 4.79 Å². The van der Waals surface area contributed by atoms with Gasteiger partial charge in [0.15, 0.2) is 0 Å². The second-order valence-electron chi connectivity index (χ2n) is 5.73. The first kappa shape index (κ1) is 14.7. The summed E-state index contributed by atoms with van der Waals surface area (Å²) in [5.41, 5.74) is 7.88. The van der Waals surface area contributed by atoms with E-state index in [0.717, 1.165) is 24.7 Å². The fraction of sp³-hybridized carbons (Fsp3) is 0.562. The van der Waals surface area contributed by atoms with Gasteiger partial charge in [0.1, 0.15) is 0 Å². The van der Waals surface area contributed by atoms with E-state index in [0.29, 0.717) is 23.8 Å². The maximum Gasteiger partial charge on any atom is 0.340 e. The highest BCUT2D eigenvalue weighted by molar-refractivity contribution is 5.96. The number of nitrogen functional groups attached to an aromatic ring is 1. The van der Waals surface area contributed by atoms with Gasteiger partial charge in [-0.1, -0.05) is 13.8 Å². The van der Waals surface area contributed by atoms with Crippen LogP contribution in [0.5, 0.6) is 0 Å². The fourth-order valence-electron chi connectivity index (χ4n) is 2.69. The first-order valence-corrected chi connectivity index (χ1v) is 7.34. The minimum absolute atomic E-state index is 0.341. The zero-order valence-electron chi connectivity index (χ0n) is 12.6. The largest absolute Gasteiger partial charge is 0.462 e. The van der Waals surface area contributed by atoms with Gasteiger partial charge >= 0.3 is 5.97 Å². The van der Waals surface area contributed by atoms with Crippen LogP contribution in [0.25, 0.3) is 0 Å². The molecule has 0 bridgehead atoms. The Hall–Kier alpha value is -1.71. The Morgan fingerprint density at radius 3 is 2.85 bits per heavy atom. The van der Waals surface area contributed by atoms with Crippen molar-refractivity contribution in [2.45, 2.75) is 27.2 Å². The van der Waals surface area contributed by atoms with Crippen molar-refractivity contribution in [2.75, 3.05) is 30.3 Å². The van der Waals surface area contributed by atoms with E-state index in [4.69, 9.17) is 10.5 Å². The fourth-order valence-corrected chi connectivity index (χ4v) is 2.69. The highest BCUT2D eigenvalue weighted by Gasteiger charge is 2.25. The summed E-state index contributed by atoms with van der Waals surface area (Å²) >= 11 is 0. The van der Waals surface area contributed by atoms with E-state index in [1.807, 2.05) is 12.1 Å². The van der Waals surface area contributed by atoms with Crippen molar-refractivity contribution in [3.05, 3.63) is 23.8 Å². The Bertz CT molecular complexity index is 485. The van der Waals surface area contributed by atoms with Gasteiger partial charge in [0, 0.05) is 24.5 Å². The van der Waals surface area contributed by atoms with Gasteiger partial charge in [-0.05, 0) is 43.4 Å². The van der Waals surface area contributed by atoms with E-state index in [2.05, 4.69) is 18.7 Å². The first-order valence-electron chi connectivity index (χ1n) is 7.34. The number of carbonyl (C=O) groups is 1. The minimum atomic E-state index is -0.341. The molecule has 1 aliphatic rings. The SMILES string of the molecule is CCOC(=O)c1cc(N2CCC(C(C)C)C2)ccc1N. The Kier molecular flexibility index (Phi) is 4.53. The zero-order valence-corrected chi connectivity index (χ0v) is 12.6. The molecular weight excluding hydrogens is 252 g/mol. The van der Waals surface area contributed by atoms with Crippen LogP contribution in [0.15, 0.2) is 18.2 Å². The van der Waals surface area contributed by atoms with Crippen LogP contribution in [-0.2, 0) is 4.74 Å². The van der Waals surface area contributed by atoms with Crippen molar-refractivity contribution >= 4 is 17.3 Å². The second kappa shape index (κ2) is 6.16. The summed E-state index contributed by atoms with van der Waals surface area (Å²) in [5.74, 6) is 1.07. The van der Waals surface area contributed by atoms with Crippen LogP contribution in [-0.4, -0.2) is 25.7 Å². The number of ether oxygens (including phenoxy) is 1. The molecular formula is C16H24N2O2. The number of nitrogens with zero attached hydrogens (tertiary/aromatic N) is 1. The predicted molar refractivity (Wildman–Crippen MR) is 82.0 cm³/mol. The molecule has 0 radical (unpaired) electrons. The van der Waals surface area contributed by atoms with Crippen LogP contribution in [0.4, 0.5) is 11.4 Å². The summed E-state index contributed by atoms with van der Waals surface area (Å²) in [7, 11) is 0. The summed E-state index contributed by atoms with van der Waals surface area (Å²) in [6, 6.07) is 5.64. The average molecular weight is 276 g/mol. The predicted octanol–water partition coefficient (Wildman–Crippen LogP) is 2.93. The lowest BCUT2D eigenvalue weighted by molar-refractivity contribution is 0.0527. The maximum absolute atomic E-state index is 11.9. The van der Waals surface area contributed by atoms with Crippen LogP contribution >= 0.6 is 0 Å². The smallest absolute Gasteiger partial charge is 0.340 e. The third-order valence-corrected chi connectivity index (χ3v) is 4.06. The number of hydrogen-bond donors (Lipinski definition) is 1. The number of carbonyl (C=O) groups excluding carboxylic acids is 1. The standard InChI is InChI=1S/C16H24N2O2/c1-4-20-16(19)14-9-13(5-6-15(14)17)18-8-7-12(10-18)11(2)3/h5-6,9,11-12H,4,7-8,10,17H2,1-3H3. The minimum Gasteiger partial charge on any atom is -0.462 e. The van der Waals surface area contributed by atoms with E-state index in [-0.39, 0.29) is 5.97 Å². The Balaban J connectivity index is 2.18.